The van der Waals surface area contributed by atoms with Gasteiger partial charge in [0.1, 0.15) is 0 Å². The molecule has 0 saturated carbocycles. The van der Waals surface area contributed by atoms with Gasteiger partial charge in [-0.15, -0.1) is 0 Å². The van der Waals surface area contributed by atoms with Gasteiger partial charge in [-0.2, -0.15) is 10.4 Å². The van der Waals surface area contributed by atoms with Gasteiger partial charge in [-0.3, -0.25) is 5.01 Å². The predicted octanol–water partition coefficient (Wildman–Crippen LogP) is 3.13. The van der Waals surface area contributed by atoms with Gasteiger partial charge in [0, 0.05) is 12.1 Å². The second-order valence-corrected chi connectivity index (χ2v) is 5.82. The highest BCUT2D eigenvalue weighted by Crippen LogP contribution is 2.38. The van der Waals surface area contributed by atoms with Crippen molar-refractivity contribution in [3.05, 3.63) is 23.8 Å². The van der Waals surface area contributed by atoms with E-state index >= 15 is 0 Å². The molecule has 0 fully saturated rings. The van der Waals surface area contributed by atoms with Crippen LogP contribution in [0.5, 0.6) is 11.5 Å². The normalized spacial score (nSPS) is 17.9. The zero-order chi connectivity index (χ0) is 15.6. The van der Waals surface area contributed by atoms with Crippen LogP contribution < -0.4 is 9.47 Å². The Morgan fingerprint density at radius 3 is 2.43 bits per heavy atom. The first-order valence-corrected chi connectivity index (χ1v) is 6.88. The van der Waals surface area contributed by atoms with Crippen molar-refractivity contribution in [1.29, 1.82) is 5.26 Å². The van der Waals surface area contributed by atoms with Gasteiger partial charge in [-0.25, -0.2) is 0 Å². The number of nitrogens with zero attached hydrogens (tertiary/aromatic N) is 3. The van der Waals surface area contributed by atoms with E-state index in [2.05, 4.69) is 25.0 Å². The fourth-order valence-electron chi connectivity index (χ4n) is 2.76. The number of ether oxygens (including phenoxy) is 2. The second kappa shape index (κ2) is 5.65. The van der Waals surface area contributed by atoms with Gasteiger partial charge in [-0.1, -0.05) is 6.07 Å². The molecule has 0 radical (unpaired) electrons. The number of hydrogen-bond donors (Lipinski definition) is 0. The third-order valence-electron chi connectivity index (χ3n) is 3.68. The summed E-state index contributed by atoms with van der Waals surface area (Å²) in [6.45, 7) is 6.18. The Morgan fingerprint density at radius 1 is 1.29 bits per heavy atom. The molecule has 1 aromatic carbocycles. The maximum absolute atomic E-state index is 9.62. The van der Waals surface area contributed by atoms with Crippen LogP contribution in [0.1, 0.15) is 38.8 Å². The Balaban J connectivity index is 2.41. The first kappa shape index (κ1) is 15.2. The molecular formula is C16H21N3O2. The summed E-state index contributed by atoms with van der Waals surface area (Å²) in [6.07, 6.45) is 0.860. The van der Waals surface area contributed by atoms with E-state index in [-0.39, 0.29) is 5.54 Å². The van der Waals surface area contributed by atoms with Crippen LogP contribution in [0.3, 0.4) is 0 Å². The van der Waals surface area contributed by atoms with Crippen LogP contribution in [0.15, 0.2) is 23.3 Å². The zero-order valence-corrected chi connectivity index (χ0v) is 13.2. The SMILES string of the molecule is COc1ccc([C@H](C#N)N2N=C(C)CC2(C)C)cc1OC. The minimum absolute atomic E-state index is 0.169. The summed E-state index contributed by atoms with van der Waals surface area (Å²) in [7, 11) is 3.18. The molecule has 112 valence electrons. The second-order valence-electron chi connectivity index (χ2n) is 5.82. The number of methoxy groups -OCH3 is 2. The highest BCUT2D eigenvalue weighted by atomic mass is 16.5. The molecular weight excluding hydrogens is 266 g/mol. The highest BCUT2D eigenvalue weighted by molar-refractivity contribution is 5.84. The maximum Gasteiger partial charge on any atom is 0.161 e. The summed E-state index contributed by atoms with van der Waals surface area (Å²) in [4.78, 5) is 0. The number of hydrogen-bond acceptors (Lipinski definition) is 5. The topological polar surface area (TPSA) is 57.8 Å². The first-order chi connectivity index (χ1) is 9.92. The van der Waals surface area contributed by atoms with Gasteiger partial charge >= 0.3 is 0 Å². The molecule has 0 saturated heterocycles. The lowest BCUT2D eigenvalue weighted by Crippen LogP contribution is -2.38. The molecule has 1 aliphatic heterocycles. The average molecular weight is 287 g/mol. The van der Waals surface area contributed by atoms with Crippen molar-refractivity contribution in [2.24, 2.45) is 5.10 Å². The van der Waals surface area contributed by atoms with Crippen LogP contribution >= 0.6 is 0 Å². The fraction of sp³-hybridized carbons (Fsp3) is 0.500. The molecule has 1 aliphatic rings. The van der Waals surface area contributed by atoms with E-state index in [9.17, 15) is 5.26 Å². The molecule has 0 N–H and O–H groups in total. The third-order valence-corrected chi connectivity index (χ3v) is 3.68. The summed E-state index contributed by atoms with van der Waals surface area (Å²) in [6, 6.07) is 7.44. The predicted molar refractivity (Wildman–Crippen MR) is 81.5 cm³/mol. The van der Waals surface area contributed by atoms with Crippen LogP contribution in [0, 0.1) is 11.3 Å². The number of nitriles is 1. The fourth-order valence-corrected chi connectivity index (χ4v) is 2.76. The van der Waals surface area contributed by atoms with E-state index in [1.165, 1.54) is 0 Å². The Kier molecular flexibility index (Phi) is 4.08. The molecule has 0 unspecified atom stereocenters. The minimum Gasteiger partial charge on any atom is -0.493 e. The Morgan fingerprint density at radius 2 is 1.95 bits per heavy atom. The number of hydrazone groups is 1. The molecule has 0 aliphatic carbocycles. The minimum atomic E-state index is -0.447. The van der Waals surface area contributed by atoms with E-state index < -0.39 is 6.04 Å². The van der Waals surface area contributed by atoms with Gasteiger partial charge in [0.25, 0.3) is 0 Å². The van der Waals surface area contributed by atoms with Crippen molar-refractivity contribution in [3.8, 4) is 17.6 Å². The van der Waals surface area contributed by atoms with Gasteiger partial charge in [0.05, 0.1) is 25.8 Å². The summed E-state index contributed by atoms with van der Waals surface area (Å²) in [5, 5.41) is 16.0. The Labute approximate surface area is 125 Å². The van der Waals surface area contributed by atoms with Crippen molar-refractivity contribution < 1.29 is 9.47 Å². The quantitative estimate of drug-likeness (QED) is 0.853. The third kappa shape index (κ3) is 2.80. The molecule has 0 bridgehead atoms. The van der Waals surface area contributed by atoms with E-state index in [4.69, 9.17) is 9.47 Å². The van der Waals surface area contributed by atoms with Crippen molar-refractivity contribution in [2.45, 2.75) is 38.8 Å². The van der Waals surface area contributed by atoms with E-state index in [1.807, 2.05) is 30.1 Å². The Bertz CT molecular complexity index is 602. The monoisotopic (exact) mass is 287 g/mol. The summed E-state index contributed by atoms with van der Waals surface area (Å²) < 4.78 is 10.6. The van der Waals surface area contributed by atoms with Crippen LogP contribution in [-0.2, 0) is 0 Å². The molecule has 1 heterocycles. The molecule has 5 nitrogen and oxygen atoms in total. The van der Waals surface area contributed by atoms with Crippen molar-refractivity contribution in [2.75, 3.05) is 14.2 Å². The highest BCUT2D eigenvalue weighted by Gasteiger charge is 2.38. The zero-order valence-electron chi connectivity index (χ0n) is 13.2. The standard InChI is InChI=1S/C16H21N3O2/c1-11-9-16(2,3)19(18-11)13(10-17)12-6-7-14(20-4)15(8-12)21-5/h6-8,13H,9H2,1-5H3/t13-/m0/s1. The van der Waals surface area contributed by atoms with E-state index in [0.29, 0.717) is 11.5 Å². The molecule has 5 heteroatoms. The summed E-state index contributed by atoms with van der Waals surface area (Å²) in [5.74, 6) is 1.27. The Hall–Kier alpha value is -2.22. The smallest absolute Gasteiger partial charge is 0.161 e. The largest absolute Gasteiger partial charge is 0.493 e. The maximum atomic E-state index is 9.62. The van der Waals surface area contributed by atoms with Gasteiger partial charge in [-0.05, 0) is 38.5 Å². The van der Waals surface area contributed by atoms with Crippen molar-refractivity contribution in [3.63, 3.8) is 0 Å². The van der Waals surface area contributed by atoms with Crippen LogP contribution in [-0.4, -0.2) is 30.5 Å². The lowest BCUT2D eigenvalue weighted by atomic mass is 9.96. The molecule has 1 aromatic rings. The van der Waals surface area contributed by atoms with E-state index in [1.54, 1.807) is 14.2 Å². The summed E-state index contributed by atoms with van der Waals surface area (Å²) in [5.41, 5.74) is 1.72. The average Bonchev–Trinajstić information content (AvgIpc) is 2.72. The molecule has 21 heavy (non-hydrogen) atoms. The van der Waals surface area contributed by atoms with Crippen LogP contribution in [0.25, 0.3) is 0 Å². The van der Waals surface area contributed by atoms with Crippen LogP contribution in [0.2, 0.25) is 0 Å². The van der Waals surface area contributed by atoms with Gasteiger partial charge in [0.2, 0.25) is 0 Å². The van der Waals surface area contributed by atoms with Crippen molar-refractivity contribution >= 4 is 5.71 Å². The molecule has 0 amide bonds. The lowest BCUT2D eigenvalue weighted by Gasteiger charge is -2.34. The first-order valence-electron chi connectivity index (χ1n) is 6.88. The van der Waals surface area contributed by atoms with E-state index in [0.717, 1.165) is 17.7 Å². The van der Waals surface area contributed by atoms with Gasteiger partial charge < -0.3 is 9.47 Å². The lowest BCUT2D eigenvalue weighted by molar-refractivity contribution is 0.122. The van der Waals surface area contributed by atoms with Crippen molar-refractivity contribution in [1.82, 2.24) is 5.01 Å². The molecule has 0 aromatic heterocycles. The number of benzene rings is 1. The molecule has 0 spiro atoms. The van der Waals surface area contributed by atoms with Gasteiger partial charge in [0.15, 0.2) is 17.5 Å². The molecule has 1 atom stereocenters. The number of rotatable bonds is 4. The molecule has 2 rings (SSSR count). The summed E-state index contributed by atoms with van der Waals surface area (Å²) >= 11 is 0. The van der Waals surface area contributed by atoms with Crippen LogP contribution in [0.4, 0.5) is 0 Å².